The minimum absolute atomic E-state index is 0.197. The number of likely N-dealkylation sites (tertiary alicyclic amines) is 1. The van der Waals surface area contributed by atoms with Crippen LogP contribution in [0.4, 0.5) is 11.4 Å². The highest BCUT2D eigenvalue weighted by molar-refractivity contribution is 9.09. The third-order valence-electron chi connectivity index (χ3n) is 9.82. The first-order valence-electron chi connectivity index (χ1n) is 15.9. The first-order valence-corrected chi connectivity index (χ1v) is 16.9. The van der Waals surface area contributed by atoms with Crippen LogP contribution in [-0.4, -0.2) is 70.0 Å². The van der Waals surface area contributed by atoms with E-state index in [0.29, 0.717) is 23.4 Å². The van der Waals surface area contributed by atoms with E-state index in [-0.39, 0.29) is 35.6 Å². The lowest BCUT2D eigenvalue weighted by atomic mass is 9.70. The Labute approximate surface area is 284 Å². The average Bonchev–Trinajstić information content (AvgIpc) is 3.68. The van der Waals surface area contributed by atoms with Gasteiger partial charge >= 0.3 is 0 Å². The van der Waals surface area contributed by atoms with Gasteiger partial charge in [-0.1, -0.05) is 88.7 Å². The van der Waals surface area contributed by atoms with E-state index < -0.39 is 42.2 Å². The first-order chi connectivity index (χ1) is 22.7. The maximum atomic E-state index is 15.2. The Bertz CT molecular complexity index is 1680. The molecule has 1 N–H and O–H groups in total. The summed E-state index contributed by atoms with van der Waals surface area (Å²) in [4.78, 5) is 49.3. The second-order valence-electron chi connectivity index (χ2n) is 12.6. The van der Waals surface area contributed by atoms with Gasteiger partial charge in [0.2, 0.25) is 11.8 Å². The molecular weight excluding hydrogens is 658 g/mol. The first kappa shape index (κ1) is 32.9. The summed E-state index contributed by atoms with van der Waals surface area (Å²) in [6, 6.07) is 22.4. The van der Waals surface area contributed by atoms with Crippen molar-refractivity contribution in [1.82, 2.24) is 4.90 Å². The summed E-state index contributed by atoms with van der Waals surface area (Å²) in [7, 11) is 0. The molecule has 0 aromatic heterocycles. The van der Waals surface area contributed by atoms with E-state index in [2.05, 4.69) is 29.1 Å². The van der Waals surface area contributed by atoms with Crippen molar-refractivity contribution in [2.45, 2.75) is 48.9 Å². The molecular formula is C38H40BrN3O5. The third-order valence-corrected chi connectivity index (χ3v) is 10.7. The van der Waals surface area contributed by atoms with Crippen molar-refractivity contribution in [3.63, 3.8) is 0 Å². The molecule has 7 atom stereocenters. The van der Waals surface area contributed by atoms with E-state index in [1.165, 1.54) is 4.90 Å². The summed E-state index contributed by atoms with van der Waals surface area (Å²) < 4.78 is 6.84. The van der Waals surface area contributed by atoms with E-state index in [9.17, 15) is 14.7 Å². The van der Waals surface area contributed by atoms with E-state index in [4.69, 9.17) is 4.74 Å². The molecule has 47 heavy (non-hydrogen) atoms. The number of rotatable bonds is 11. The van der Waals surface area contributed by atoms with Crippen LogP contribution in [0.25, 0.3) is 0 Å². The maximum Gasteiger partial charge on any atom is 0.253 e. The molecule has 0 aliphatic carbocycles. The molecule has 0 radical (unpaired) electrons. The van der Waals surface area contributed by atoms with Crippen molar-refractivity contribution in [2.75, 3.05) is 29.5 Å². The molecule has 244 valence electrons. The van der Waals surface area contributed by atoms with Crippen molar-refractivity contribution in [2.24, 2.45) is 11.8 Å². The molecule has 3 aromatic rings. The maximum absolute atomic E-state index is 15.2. The summed E-state index contributed by atoms with van der Waals surface area (Å²) in [5, 5.41) is 10.9. The quantitative estimate of drug-likeness (QED) is 0.211. The van der Waals surface area contributed by atoms with Crippen molar-refractivity contribution < 1.29 is 24.2 Å². The van der Waals surface area contributed by atoms with Crippen LogP contribution < -0.4 is 9.80 Å². The molecule has 3 aliphatic rings. The van der Waals surface area contributed by atoms with E-state index in [0.717, 1.165) is 11.1 Å². The summed E-state index contributed by atoms with van der Waals surface area (Å²) in [5.74, 6) is -2.80. The molecule has 3 aliphatic heterocycles. The van der Waals surface area contributed by atoms with Gasteiger partial charge in [0.25, 0.3) is 5.91 Å². The Morgan fingerprint density at radius 3 is 2.28 bits per heavy atom. The number of carbonyl (C=O) groups is 3. The Morgan fingerprint density at radius 2 is 1.64 bits per heavy atom. The van der Waals surface area contributed by atoms with Crippen LogP contribution in [0.3, 0.4) is 0 Å². The summed E-state index contributed by atoms with van der Waals surface area (Å²) in [6.07, 6.45) is 3.03. The van der Waals surface area contributed by atoms with Gasteiger partial charge in [-0.25, -0.2) is 0 Å². The molecule has 3 saturated heterocycles. The lowest BCUT2D eigenvalue weighted by Gasteiger charge is -2.40. The van der Waals surface area contributed by atoms with Gasteiger partial charge in [0.05, 0.1) is 30.6 Å². The van der Waals surface area contributed by atoms with Gasteiger partial charge in [0.15, 0.2) is 0 Å². The van der Waals surface area contributed by atoms with Gasteiger partial charge in [-0.2, -0.15) is 0 Å². The third kappa shape index (κ3) is 5.44. The SMILES string of the molecule is C=CCN(C(=O)[C@H]1[C@H]2C(=O)N([C@H](CO)c3ccccc3)C(C(=O)N(CC=C)c3cc(C)ccc3C)C23CC(Br)[C@@H]1O3)c1ccccc1. The van der Waals surface area contributed by atoms with Gasteiger partial charge in [-0.3, -0.25) is 14.4 Å². The Balaban J connectivity index is 1.51. The zero-order chi connectivity index (χ0) is 33.5. The summed E-state index contributed by atoms with van der Waals surface area (Å²) in [6.45, 7) is 11.7. The van der Waals surface area contributed by atoms with Crippen molar-refractivity contribution in [1.29, 1.82) is 0 Å². The van der Waals surface area contributed by atoms with Gasteiger partial charge in [-0.15, -0.1) is 13.2 Å². The Morgan fingerprint density at radius 1 is 1.00 bits per heavy atom. The number of aryl methyl sites for hydroxylation is 2. The van der Waals surface area contributed by atoms with Gasteiger partial charge in [0, 0.05) is 29.3 Å². The monoisotopic (exact) mass is 697 g/mol. The zero-order valence-corrected chi connectivity index (χ0v) is 28.3. The molecule has 1 spiro atoms. The molecule has 3 amide bonds. The minimum Gasteiger partial charge on any atom is -0.394 e. The number of carbonyl (C=O) groups excluding carboxylic acids is 3. The number of amides is 3. The lowest BCUT2D eigenvalue weighted by Crippen LogP contribution is -2.58. The second kappa shape index (κ2) is 13.2. The van der Waals surface area contributed by atoms with Crippen LogP contribution in [0.5, 0.6) is 0 Å². The molecule has 3 fully saturated rings. The van der Waals surface area contributed by atoms with Crippen molar-refractivity contribution in [3.05, 3.63) is 121 Å². The van der Waals surface area contributed by atoms with Crippen molar-refractivity contribution in [3.8, 4) is 0 Å². The number of ether oxygens (including phenoxy) is 1. The molecule has 6 rings (SSSR count). The highest BCUT2D eigenvalue weighted by atomic mass is 79.9. The smallest absolute Gasteiger partial charge is 0.253 e. The lowest BCUT2D eigenvalue weighted by molar-refractivity contribution is -0.144. The predicted octanol–water partition coefficient (Wildman–Crippen LogP) is 5.52. The van der Waals surface area contributed by atoms with Crippen molar-refractivity contribution >= 4 is 45.0 Å². The fourth-order valence-corrected chi connectivity index (χ4v) is 8.77. The van der Waals surface area contributed by atoms with E-state index in [1.807, 2.05) is 92.7 Å². The number of aliphatic hydroxyl groups excluding tert-OH is 1. The summed E-state index contributed by atoms with van der Waals surface area (Å²) in [5.41, 5.74) is 2.63. The molecule has 8 nitrogen and oxygen atoms in total. The van der Waals surface area contributed by atoms with Crippen LogP contribution in [0, 0.1) is 25.7 Å². The highest BCUT2D eigenvalue weighted by Gasteiger charge is 2.77. The van der Waals surface area contributed by atoms with Crippen LogP contribution in [0.15, 0.2) is 104 Å². The normalized spacial score (nSPS) is 26.5. The molecule has 3 aromatic carbocycles. The highest BCUT2D eigenvalue weighted by Crippen LogP contribution is 2.61. The molecule has 9 heteroatoms. The molecule has 0 saturated carbocycles. The molecule has 3 unspecified atom stereocenters. The number of benzene rings is 3. The fraction of sp³-hybridized carbons (Fsp3) is 0.342. The van der Waals surface area contributed by atoms with Gasteiger partial charge in [-0.05, 0) is 55.2 Å². The topological polar surface area (TPSA) is 90.4 Å². The minimum atomic E-state index is -1.32. The zero-order valence-electron chi connectivity index (χ0n) is 26.7. The van der Waals surface area contributed by atoms with Crippen LogP contribution in [-0.2, 0) is 19.1 Å². The second-order valence-corrected chi connectivity index (χ2v) is 13.8. The molecule has 3 heterocycles. The summed E-state index contributed by atoms with van der Waals surface area (Å²) >= 11 is 3.79. The van der Waals surface area contributed by atoms with Crippen LogP contribution in [0.2, 0.25) is 0 Å². The van der Waals surface area contributed by atoms with Crippen LogP contribution >= 0.6 is 15.9 Å². The number of nitrogens with zero attached hydrogens (tertiary/aromatic N) is 3. The fourth-order valence-electron chi connectivity index (χ4n) is 7.83. The standard InChI is InChI=1S/C38H40BrN3O5/c1-5-19-40(27-15-11-8-12-16-27)35(44)31-32-36(45)42(30(23-43)26-13-9-7-10-14-26)34(38(32)22-28(39)33(31)47-38)37(46)41(20-6-2)29-21-24(3)17-18-25(29)4/h5-18,21,28,30-34,43H,1-2,19-20,22-23H2,3-4H3/t28?,30-,31+,32+,33+,34?,38?/m1/s1. The van der Waals surface area contributed by atoms with Gasteiger partial charge < -0.3 is 24.5 Å². The van der Waals surface area contributed by atoms with E-state index in [1.54, 1.807) is 22.0 Å². The van der Waals surface area contributed by atoms with Gasteiger partial charge in [0.1, 0.15) is 11.6 Å². The largest absolute Gasteiger partial charge is 0.394 e. The number of hydrogen-bond donors (Lipinski definition) is 1. The number of para-hydroxylation sites is 1. The number of anilines is 2. The number of hydrogen-bond acceptors (Lipinski definition) is 5. The Kier molecular flexibility index (Phi) is 9.25. The number of alkyl halides is 1. The predicted molar refractivity (Wildman–Crippen MR) is 186 cm³/mol. The number of aliphatic hydroxyl groups is 1. The average molecular weight is 699 g/mol. The number of halogens is 1. The Hall–Kier alpha value is -4.05. The number of fused-ring (bicyclic) bond motifs is 1. The molecule has 2 bridgehead atoms. The van der Waals surface area contributed by atoms with E-state index >= 15 is 4.79 Å². The van der Waals surface area contributed by atoms with Crippen LogP contribution in [0.1, 0.15) is 29.2 Å².